The van der Waals surface area contributed by atoms with E-state index < -0.39 is 0 Å². The van der Waals surface area contributed by atoms with Crippen molar-refractivity contribution in [3.05, 3.63) is 23.7 Å². The Labute approximate surface area is 122 Å². The molecule has 1 aromatic heterocycles. The summed E-state index contributed by atoms with van der Waals surface area (Å²) >= 11 is 0. The minimum absolute atomic E-state index is 0.398. The van der Waals surface area contributed by atoms with Gasteiger partial charge < -0.3 is 9.73 Å². The van der Waals surface area contributed by atoms with E-state index in [2.05, 4.69) is 26.1 Å². The predicted octanol–water partition coefficient (Wildman–Crippen LogP) is 4.24. The molecule has 0 unspecified atom stereocenters. The lowest BCUT2D eigenvalue weighted by atomic mass is 9.69. The topological polar surface area (TPSA) is 49.0 Å². The fourth-order valence-corrected chi connectivity index (χ4v) is 3.15. The molecular weight excluding hydrogens is 248 g/mol. The maximum absolute atomic E-state index is 8.73. The van der Waals surface area contributed by atoms with Crippen molar-refractivity contribution in [1.29, 1.82) is 5.26 Å². The van der Waals surface area contributed by atoms with Gasteiger partial charge in [-0.25, -0.2) is 0 Å². The van der Waals surface area contributed by atoms with Crippen LogP contribution in [0.25, 0.3) is 0 Å². The average Bonchev–Trinajstić information content (AvgIpc) is 2.93. The van der Waals surface area contributed by atoms with Gasteiger partial charge in [0, 0.05) is 6.04 Å². The van der Waals surface area contributed by atoms with Crippen LogP contribution in [0.1, 0.15) is 64.4 Å². The highest BCUT2D eigenvalue weighted by Crippen LogP contribution is 2.40. The van der Waals surface area contributed by atoms with Gasteiger partial charge in [0.25, 0.3) is 0 Å². The molecule has 20 heavy (non-hydrogen) atoms. The van der Waals surface area contributed by atoms with E-state index >= 15 is 0 Å². The smallest absolute Gasteiger partial charge is 0.203 e. The molecule has 0 saturated heterocycles. The van der Waals surface area contributed by atoms with Gasteiger partial charge in [-0.15, -0.1) is 0 Å². The van der Waals surface area contributed by atoms with Crippen LogP contribution in [-0.2, 0) is 6.54 Å². The molecule has 0 bridgehead atoms. The molecule has 1 heterocycles. The lowest BCUT2D eigenvalue weighted by Crippen LogP contribution is -2.36. The van der Waals surface area contributed by atoms with E-state index in [9.17, 15) is 0 Å². The Hall–Kier alpha value is -1.27. The first kappa shape index (κ1) is 15.1. The zero-order chi connectivity index (χ0) is 14.6. The van der Waals surface area contributed by atoms with Gasteiger partial charge in [0.05, 0.1) is 6.54 Å². The molecule has 2 rings (SSSR count). The summed E-state index contributed by atoms with van der Waals surface area (Å²) in [7, 11) is 0. The van der Waals surface area contributed by atoms with E-state index in [1.54, 1.807) is 6.07 Å². The highest BCUT2D eigenvalue weighted by atomic mass is 16.3. The average molecular weight is 274 g/mol. The molecule has 1 aromatic rings. The molecule has 0 spiro atoms. The van der Waals surface area contributed by atoms with Gasteiger partial charge in [-0.2, -0.15) is 5.26 Å². The monoisotopic (exact) mass is 274 g/mol. The quantitative estimate of drug-likeness (QED) is 0.873. The highest BCUT2D eigenvalue weighted by molar-refractivity contribution is 5.19. The summed E-state index contributed by atoms with van der Waals surface area (Å²) in [5.74, 6) is 2.12. The van der Waals surface area contributed by atoms with Crippen LogP contribution >= 0.6 is 0 Å². The highest BCUT2D eigenvalue weighted by Gasteiger charge is 2.31. The Bertz CT molecular complexity index is 462. The minimum Gasteiger partial charge on any atom is -0.449 e. The first-order valence-electron chi connectivity index (χ1n) is 7.77. The van der Waals surface area contributed by atoms with E-state index in [1.165, 1.54) is 32.1 Å². The third-order valence-corrected chi connectivity index (χ3v) is 5.08. The van der Waals surface area contributed by atoms with Crippen molar-refractivity contribution in [2.45, 2.75) is 65.5 Å². The maximum Gasteiger partial charge on any atom is 0.203 e. The van der Waals surface area contributed by atoms with Gasteiger partial charge in [0.1, 0.15) is 11.8 Å². The van der Waals surface area contributed by atoms with E-state index in [-0.39, 0.29) is 0 Å². The summed E-state index contributed by atoms with van der Waals surface area (Å²) in [6, 6.07) is 6.23. The molecule has 0 aliphatic heterocycles. The molecule has 1 aliphatic rings. The normalized spacial score (nSPS) is 23.5. The molecule has 3 heteroatoms. The van der Waals surface area contributed by atoms with E-state index in [0.29, 0.717) is 17.2 Å². The van der Waals surface area contributed by atoms with Crippen LogP contribution in [0.2, 0.25) is 0 Å². The van der Waals surface area contributed by atoms with Crippen molar-refractivity contribution in [3.63, 3.8) is 0 Å². The third-order valence-electron chi connectivity index (χ3n) is 5.08. The first-order chi connectivity index (χ1) is 9.55. The predicted molar refractivity (Wildman–Crippen MR) is 80.1 cm³/mol. The lowest BCUT2D eigenvalue weighted by molar-refractivity contribution is 0.136. The Morgan fingerprint density at radius 2 is 2.00 bits per heavy atom. The standard InChI is InChI=1S/C17H26N2O/c1-4-17(2,3)13-5-7-14(8-6-13)19-12-16-10-9-15(11-18)20-16/h9-10,13-14,19H,4-8,12H2,1-3H3. The second kappa shape index (κ2) is 6.45. The Morgan fingerprint density at radius 1 is 1.30 bits per heavy atom. The Kier molecular flexibility index (Phi) is 4.88. The van der Waals surface area contributed by atoms with Gasteiger partial charge in [0.2, 0.25) is 5.76 Å². The molecule has 1 N–H and O–H groups in total. The summed E-state index contributed by atoms with van der Waals surface area (Å²) in [6.45, 7) is 7.83. The number of nitrogens with one attached hydrogen (secondary N) is 1. The van der Waals surface area contributed by atoms with Crippen LogP contribution in [0.4, 0.5) is 0 Å². The fourth-order valence-electron chi connectivity index (χ4n) is 3.15. The third kappa shape index (κ3) is 3.64. The van der Waals surface area contributed by atoms with E-state index in [4.69, 9.17) is 9.68 Å². The second-order valence-corrected chi connectivity index (χ2v) is 6.65. The van der Waals surface area contributed by atoms with Crippen molar-refractivity contribution >= 4 is 0 Å². The summed E-state index contributed by atoms with van der Waals surface area (Å²) in [4.78, 5) is 0. The van der Waals surface area contributed by atoms with Crippen LogP contribution in [0.5, 0.6) is 0 Å². The number of nitrogens with zero attached hydrogens (tertiary/aromatic N) is 1. The van der Waals surface area contributed by atoms with Crippen LogP contribution in [-0.4, -0.2) is 6.04 Å². The number of hydrogen-bond donors (Lipinski definition) is 1. The van der Waals surface area contributed by atoms with Gasteiger partial charge in [-0.05, 0) is 49.1 Å². The maximum atomic E-state index is 8.73. The molecule has 110 valence electrons. The number of hydrogen-bond acceptors (Lipinski definition) is 3. The summed E-state index contributed by atoms with van der Waals surface area (Å²) < 4.78 is 5.39. The summed E-state index contributed by atoms with van der Waals surface area (Å²) in [5.41, 5.74) is 0.480. The molecular formula is C17H26N2O. The molecule has 0 aromatic carbocycles. The molecule has 0 atom stereocenters. The van der Waals surface area contributed by atoms with E-state index in [1.807, 2.05) is 12.1 Å². The largest absolute Gasteiger partial charge is 0.449 e. The Morgan fingerprint density at radius 3 is 2.55 bits per heavy atom. The van der Waals surface area contributed by atoms with Crippen LogP contribution in [0, 0.1) is 22.7 Å². The van der Waals surface area contributed by atoms with E-state index in [0.717, 1.165) is 18.2 Å². The fraction of sp³-hybridized carbons (Fsp3) is 0.706. The minimum atomic E-state index is 0.398. The number of rotatable bonds is 5. The summed E-state index contributed by atoms with van der Waals surface area (Å²) in [6.07, 6.45) is 6.40. The summed E-state index contributed by atoms with van der Waals surface area (Å²) in [5, 5.41) is 12.3. The number of nitriles is 1. The van der Waals surface area contributed by atoms with Crippen LogP contribution < -0.4 is 5.32 Å². The SMILES string of the molecule is CCC(C)(C)C1CCC(NCc2ccc(C#N)o2)CC1. The van der Waals surface area contributed by atoms with Gasteiger partial charge >= 0.3 is 0 Å². The van der Waals surface area contributed by atoms with Crippen molar-refractivity contribution < 1.29 is 4.42 Å². The second-order valence-electron chi connectivity index (χ2n) is 6.65. The first-order valence-corrected chi connectivity index (χ1v) is 7.77. The van der Waals surface area contributed by atoms with Crippen LogP contribution in [0.3, 0.4) is 0 Å². The molecule has 1 saturated carbocycles. The molecule has 0 radical (unpaired) electrons. The Balaban J connectivity index is 1.76. The molecule has 1 fully saturated rings. The molecule has 1 aliphatic carbocycles. The lowest BCUT2D eigenvalue weighted by Gasteiger charge is -2.39. The number of furan rings is 1. The molecule has 3 nitrogen and oxygen atoms in total. The van der Waals surface area contributed by atoms with Gasteiger partial charge in [0.15, 0.2) is 0 Å². The van der Waals surface area contributed by atoms with Crippen molar-refractivity contribution in [3.8, 4) is 6.07 Å². The molecule has 0 amide bonds. The van der Waals surface area contributed by atoms with Crippen LogP contribution in [0.15, 0.2) is 16.5 Å². The zero-order valence-corrected chi connectivity index (χ0v) is 12.9. The zero-order valence-electron chi connectivity index (χ0n) is 12.9. The van der Waals surface area contributed by atoms with Crippen molar-refractivity contribution in [1.82, 2.24) is 5.32 Å². The van der Waals surface area contributed by atoms with Gasteiger partial charge in [-0.1, -0.05) is 27.2 Å². The van der Waals surface area contributed by atoms with Gasteiger partial charge in [-0.3, -0.25) is 0 Å². The van der Waals surface area contributed by atoms with Crippen molar-refractivity contribution in [2.24, 2.45) is 11.3 Å². The van der Waals surface area contributed by atoms with Crippen molar-refractivity contribution in [2.75, 3.05) is 0 Å².